The third-order valence-corrected chi connectivity index (χ3v) is 4.61. The first-order valence-corrected chi connectivity index (χ1v) is 9.85. The van der Waals surface area contributed by atoms with E-state index in [1.165, 1.54) is 7.11 Å². The first-order valence-electron chi connectivity index (χ1n) is 8.31. The molecule has 0 saturated heterocycles. The van der Waals surface area contributed by atoms with Crippen LogP contribution in [-0.2, 0) is 4.74 Å². The summed E-state index contributed by atoms with van der Waals surface area (Å²) in [6.45, 7) is 1.86. The van der Waals surface area contributed by atoms with Crippen molar-refractivity contribution in [3.8, 4) is 0 Å². The van der Waals surface area contributed by atoms with Gasteiger partial charge in [0, 0.05) is 5.56 Å². The first-order chi connectivity index (χ1) is 13.6. The predicted molar refractivity (Wildman–Crippen MR) is 120 cm³/mol. The van der Waals surface area contributed by atoms with Crippen LogP contribution in [0.5, 0.6) is 0 Å². The number of ether oxygens (including phenoxy) is 1. The van der Waals surface area contributed by atoms with Gasteiger partial charge in [0.15, 0.2) is 5.11 Å². The topological polar surface area (TPSA) is 79.5 Å². The van der Waals surface area contributed by atoms with E-state index >= 15 is 0 Å². The van der Waals surface area contributed by atoms with Gasteiger partial charge in [-0.05, 0) is 43.4 Å². The van der Waals surface area contributed by atoms with Crippen molar-refractivity contribution in [3.05, 3.63) is 65.2 Å². The maximum atomic E-state index is 12.5. The summed E-state index contributed by atoms with van der Waals surface area (Å²) >= 11 is 23.3. The number of nitrogens with one attached hydrogen (secondary N) is 3. The highest BCUT2D eigenvalue weighted by molar-refractivity contribution is 7.80. The van der Waals surface area contributed by atoms with E-state index in [9.17, 15) is 9.59 Å². The number of anilines is 1. The predicted octanol–water partition coefficient (Wildman–Crippen LogP) is 4.19. The molecule has 0 aliphatic carbocycles. The molecule has 2 aromatic rings. The number of para-hydroxylation sites is 1. The largest absolute Gasteiger partial charge is 0.465 e. The lowest BCUT2D eigenvalue weighted by atomic mass is 10.1. The Morgan fingerprint density at radius 3 is 2.38 bits per heavy atom. The van der Waals surface area contributed by atoms with E-state index in [-0.39, 0.29) is 10.7 Å². The number of benzene rings is 2. The van der Waals surface area contributed by atoms with E-state index in [1.54, 1.807) is 42.5 Å². The van der Waals surface area contributed by atoms with Crippen LogP contribution < -0.4 is 16.0 Å². The number of amides is 1. The van der Waals surface area contributed by atoms with Crippen molar-refractivity contribution in [2.24, 2.45) is 0 Å². The molecular formula is C19H18Cl3N3O3S. The standard InChI is InChI=1S/C19H18Cl3N3O3S/c1-11-6-5-7-12(10-11)15(26)24-17(19(20,21)22)25-18(29)23-14-9-4-3-8-13(14)16(27)28-2/h3-10,17H,1-2H3,(H,24,26)(H2,23,25,29)/t17-/m1/s1. The molecule has 3 N–H and O–H groups in total. The van der Waals surface area contributed by atoms with Crippen molar-refractivity contribution < 1.29 is 14.3 Å². The Morgan fingerprint density at radius 2 is 1.76 bits per heavy atom. The Morgan fingerprint density at radius 1 is 1.07 bits per heavy atom. The number of aryl methyl sites for hydroxylation is 1. The second-order valence-corrected chi connectivity index (χ2v) is 8.73. The average Bonchev–Trinajstić information content (AvgIpc) is 2.66. The van der Waals surface area contributed by atoms with E-state index in [0.29, 0.717) is 11.3 Å². The van der Waals surface area contributed by atoms with Crippen LogP contribution in [0, 0.1) is 6.92 Å². The van der Waals surface area contributed by atoms with Crippen molar-refractivity contribution >= 4 is 69.7 Å². The van der Waals surface area contributed by atoms with Crippen LogP contribution in [0.15, 0.2) is 48.5 Å². The summed E-state index contributed by atoms with van der Waals surface area (Å²) in [5.41, 5.74) is 1.98. The highest BCUT2D eigenvalue weighted by Gasteiger charge is 2.35. The molecule has 2 aromatic carbocycles. The number of methoxy groups -OCH3 is 1. The number of carbonyl (C=O) groups is 2. The van der Waals surface area contributed by atoms with Gasteiger partial charge in [-0.1, -0.05) is 64.6 Å². The monoisotopic (exact) mass is 473 g/mol. The second-order valence-electron chi connectivity index (χ2n) is 5.95. The van der Waals surface area contributed by atoms with Crippen molar-refractivity contribution in [2.45, 2.75) is 16.9 Å². The van der Waals surface area contributed by atoms with E-state index in [0.717, 1.165) is 5.56 Å². The van der Waals surface area contributed by atoms with Gasteiger partial charge >= 0.3 is 5.97 Å². The lowest BCUT2D eigenvalue weighted by Crippen LogP contribution is -2.56. The summed E-state index contributed by atoms with van der Waals surface area (Å²) in [5, 5.41) is 8.22. The zero-order valence-electron chi connectivity index (χ0n) is 15.5. The smallest absolute Gasteiger partial charge is 0.339 e. The van der Waals surface area contributed by atoms with Crippen LogP contribution in [0.2, 0.25) is 0 Å². The minimum atomic E-state index is -1.91. The van der Waals surface area contributed by atoms with E-state index < -0.39 is 21.8 Å². The molecule has 6 nitrogen and oxygen atoms in total. The van der Waals surface area contributed by atoms with Crippen molar-refractivity contribution in [1.29, 1.82) is 0 Å². The molecule has 0 aromatic heterocycles. The lowest BCUT2D eigenvalue weighted by molar-refractivity contribution is 0.0601. The zero-order chi connectivity index (χ0) is 21.6. The molecule has 0 aliphatic heterocycles. The molecule has 0 aliphatic rings. The van der Waals surface area contributed by atoms with Gasteiger partial charge in [-0.15, -0.1) is 0 Å². The first kappa shape index (κ1) is 23.2. The average molecular weight is 475 g/mol. The minimum Gasteiger partial charge on any atom is -0.465 e. The maximum Gasteiger partial charge on any atom is 0.339 e. The number of hydrogen-bond donors (Lipinski definition) is 3. The van der Waals surface area contributed by atoms with Gasteiger partial charge in [0.05, 0.1) is 18.4 Å². The number of esters is 1. The Hall–Kier alpha value is -2.06. The van der Waals surface area contributed by atoms with Crippen molar-refractivity contribution in [3.63, 3.8) is 0 Å². The van der Waals surface area contributed by atoms with Gasteiger partial charge in [0.1, 0.15) is 6.17 Å². The molecular weight excluding hydrogens is 457 g/mol. The second kappa shape index (κ2) is 10.1. The van der Waals surface area contributed by atoms with Crippen LogP contribution >= 0.6 is 47.0 Å². The van der Waals surface area contributed by atoms with Crippen LogP contribution in [0.4, 0.5) is 5.69 Å². The Bertz CT molecular complexity index is 919. The quantitative estimate of drug-likeness (QED) is 0.261. The number of hydrogen-bond acceptors (Lipinski definition) is 4. The maximum absolute atomic E-state index is 12.5. The summed E-state index contributed by atoms with van der Waals surface area (Å²) in [6.07, 6.45) is -1.15. The van der Waals surface area contributed by atoms with E-state index in [2.05, 4.69) is 16.0 Å². The molecule has 10 heteroatoms. The highest BCUT2D eigenvalue weighted by Crippen LogP contribution is 2.29. The van der Waals surface area contributed by atoms with Gasteiger partial charge in [-0.25, -0.2) is 4.79 Å². The molecule has 29 heavy (non-hydrogen) atoms. The van der Waals surface area contributed by atoms with E-state index in [1.807, 2.05) is 13.0 Å². The summed E-state index contributed by atoms with van der Waals surface area (Å²) in [6, 6.07) is 13.5. The summed E-state index contributed by atoms with van der Waals surface area (Å²) < 4.78 is 2.83. The zero-order valence-corrected chi connectivity index (χ0v) is 18.5. The third kappa shape index (κ3) is 6.75. The van der Waals surface area contributed by atoms with Crippen molar-refractivity contribution in [2.75, 3.05) is 12.4 Å². The SMILES string of the molecule is COC(=O)c1ccccc1NC(=S)N[C@@H](NC(=O)c1cccc(C)c1)C(Cl)(Cl)Cl. The Kier molecular flexibility index (Phi) is 8.10. The fraction of sp³-hybridized carbons (Fsp3) is 0.211. The van der Waals surface area contributed by atoms with Crippen LogP contribution in [0.1, 0.15) is 26.3 Å². The van der Waals surface area contributed by atoms with Crippen LogP contribution in [-0.4, -0.2) is 34.1 Å². The van der Waals surface area contributed by atoms with Crippen LogP contribution in [0.25, 0.3) is 0 Å². The normalized spacial score (nSPS) is 11.9. The van der Waals surface area contributed by atoms with Gasteiger partial charge in [-0.3, -0.25) is 4.79 Å². The summed E-state index contributed by atoms with van der Waals surface area (Å²) in [4.78, 5) is 24.4. The third-order valence-electron chi connectivity index (χ3n) is 3.74. The molecule has 1 amide bonds. The molecule has 154 valence electrons. The fourth-order valence-corrected chi connectivity index (χ4v) is 2.93. The fourth-order valence-electron chi connectivity index (χ4n) is 2.37. The summed E-state index contributed by atoms with van der Waals surface area (Å²) in [7, 11) is 1.27. The summed E-state index contributed by atoms with van der Waals surface area (Å²) in [5.74, 6) is -0.989. The van der Waals surface area contributed by atoms with Crippen molar-refractivity contribution in [1.82, 2.24) is 10.6 Å². The molecule has 0 saturated carbocycles. The molecule has 0 fully saturated rings. The minimum absolute atomic E-state index is 0.0298. The van der Waals surface area contributed by atoms with Gasteiger partial charge in [0.2, 0.25) is 3.79 Å². The number of halogens is 3. The number of alkyl halides is 3. The van der Waals surface area contributed by atoms with Gasteiger partial charge in [0.25, 0.3) is 5.91 Å². The number of thiocarbonyl (C=S) groups is 1. The lowest BCUT2D eigenvalue weighted by Gasteiger charge is -2.28. The molecule has 0 unspecified atom stereocenters. The Balaban J connectivity index is 2.14. The number of rotatable bonds is 5. The molecule has 0 heterocycles. The van der Waals surface area contributed by atoms with Crippen LogP contribution in [0.3, 0.4) is 0 Å². The van der Waals surface area contributed by atoms with Gasteiger partial charge < -0.3 is 20.7 Å². The van der Waals surface area contributed by atoms with Gasteiger partial charge in [-0.2, -0.15) is 0 Å². The van der Waals surface area contributed by atoms with E-state index in [4.69, 9.17) is 51.8 Å². The Labute approximate surface area is 188 Å². The highest BCUT2D eigenvalue weighted by atomic mass is 35.6. The molecule has 1 atom stereocenters. The molecule has 0 radical (unpaired) electrons. The molecule has 2 rings (SSSR count). The number of carbonyl (C=O) groups excluding carboxylic acids is 2. The molecule has 0 spiro atoms. The molecule has 0 bridgehead atoms.